The van der Waals surface area contributed by atoms with Gasteiger partial charge >= 0.3 is 0 Å². The van der Waals surface area contributed by atoms with Crippen LogP contribution in [0.1, 0.15) is 50.0 Å². The summed E-state index contributed by atoms with van der Waals surface area (Å²) in [7, 11) is 0. The van der Waals surface area contributed by atoms with Gasteiger partial charge in [0.25, 0.3) is 0 Å². The molecule has 0 saturated heterocycles. The van der Waals surface area contributed by atoms with E-state index in [-0.39, 0.29) is 0 Å². The molecule has 2 heterocycles. The number of nitrogens with zero attached hydrogens (tertiary/aromatic N) is 3. The van der Waals surface area contributed by atoms with Crippen molar-refractivity contribution in [1.82, 2.24) is 15.1 Å². The molecule has 2 aromatic rings. The van der Waals surface area contributed by atoms with Crippen molar-refractivity contribution in [2.24, 2.45) is 5.73 Å². The quantitative estimate of drug-likeness (QED) is 0.929. The average Bonchev–Trinajstić information content (AvgIpc) is 2.97. The number of hydrogen-bond donors (Lipinski definition) is 1. The summed E-state index contributed by atoms with van der Waals surface area (Å²) >= 11 is 0. The van der Waals surface area contributed by atoms with Crippen molar-refractivity contribution in [3.05, 3.63) is 29.8 Å². The van der Waals surface area contributed by atoms with Crippen molar-refractivity contribution < 1.29 is 4.52 Å². The first kappa shape index (κ1) is 13.2. The molecular formula is C15H20N4O. The zero-order chi connectivity index (χ0) is 13.9. The lowest BCUT2D eigenvalue weighted by molar-refractivity contribution is 0.301. The van der Waals surface area contributed by atoms with Gasteiger partial charge in [-0.3, -0.25) is 4.98 Å². The number of nitrogens with two attached hydrogens (primary N) is 1. The van der Waals surface area contributed by atoms with Crippen LogP contribution in [0.15, 0.2) is 22.9 Å². The lowest BCUT2D eigenvalue weighted by Crippen LogP contribution is -2.25. The van der Waals surface area contributed by atoms with Gasteiger partial charge in [-0.1, -0.05) is 18.1 Å². The van der Waals surface area contributed by atoms with E-state index >= 15 is 0 Å². The fourth-order valence-corrected chi connectivity index (χ4v) is 2.79. The van der Waals surface area contributed by atoms with Gasteiger partial charge in [-0.15, -0.1) is 0 Å². The molecule has 0 atom stereocenters. The summed E-state index contributed by atoms with van der Waals surface area (Å²) in [6.07, 6.45) is 6.81. The summed E-state index contributed by atoms with van der Waals surface area (Å²) in [6, 6.07) is 4.32. The summed E-state index contributed by atoms with van der Waals surface area (Å²) in [5.74, 6) is 1.69. The number of aromatic nitrogens is 3. The van der Waals surface area contributed by atoms with Gasteiger partial charge in [-0.2, -0.15) is 4.98 Å². The van der Waals surface area contributed by atoms with Crippen LogP contribution < -0.4 is 5.73 Å². The molecular weight excluding hydrogens is 252 g/mol. The Labute approximate surface area is 118 Å². The molecule has 0 bridgehead atoms. The molecule has 1 aliphatic rings. The van der Waals surface area contributed by atoms with Gasteiger partial charge in [0.15, 0.2) is 0 Å². The van der Waals surface area contributed by atoms with E-state index in [1.165, 1.54) is 0 Å². The van der Waals surface area contributed by atoms with Crippen molar-refractivity contribution in [2.45, 2.75) is 51.0 Å². The Hall–Kier alpha value is -1.75. The van der Waals surface area contributed by atoms with Crippen LogP contribution in [0, 0.1) is 0 Å². The van der Waals surface area contributed by atoms with Gasteiger partial charge in [-0.05, 0) is 43.7 Å². The summed E-state index contributed by atoms with van der Waals surface area (Å²) in [5, 5.41) is 4.11. The maximum atomic E-state index is 5.93. The molecule has 0 amide bonds. The first-order valence-corrected chi connectivity index (χ1v) is 7.31. The van der Waals surface area contributed by atoms with Gasteiger partial charge < -0.3 is 10.3 Å². The molecule has 1 fully saturated rings. The van der Waals surface area contributed by atoms with Gasteiger partial charge in [0.1, 0.15) is 5.69 Å². The fourth-order valence-electron chi connectivity index (χ4n) is 2.79. The Balaban J connectivity index is 1.83. The van der Waals surface area contributed by atoms with Crippen LogP contribution >= 0.6 is 0 Å². The third kappa shape index (κ3) is 2.58. The highest BCUT2D eigenvalue weighted by atomic mass is 16.5. The van der Waals surface area contributed by atoms with Gasteiger partial charge in [-0.25, -0.2) is 0 Å². The third-order valence-corrected chi connectivity index (χ3v) is 4.05. The summed E-state index contributed by atoms with van der Waals surface area (Å²) in [5.41, 5.74) is 7.91. The summed E-state index contributed by atoms with van der Waals surface area (Å²) in [6.45, 7) is 2.10. The second kappa shape index (κ2) is 5.71. The van der Waals surface area contributed by atoms with E-state index in [1.54, 1.807) is 6.20 Å². The maximum Gasteiger partial charge on any atom is 0.230 e. The van der Waals surface area contributed by atoms with Crippen LogP contribution in [0.5, 0.6) is 0 Å². The molecule has 1 aliphatic carbocycles. The van der Waals surface area contributed by atoms with E-state index in [2.05, 4.69) is 28.1 Å². The van der Waals surface area contributed by atoms with E-state index in [0.717, 1.165) is 49.3 Å². The predicted octanol–water partition coefficient (Wildman–Crippen LogP) is 2.68. The summed E-state index contributed by atoms with van der Waals surface area (Å²) in [4.78, 5) is 8.94. The number of aryl methyl sites for hydroxylation is 1. The number of hydrogen-bond acceptors (Lipinski definition) is 5. The second-order valence-electron chi connectivity index (χ2n) is 5.43. The largest absolute Gasteiger partial charge is 0.339 e. The molecule has 0 spiro atoms. The van der Waals surface area contributed by atoms with Crippen molar-refractivity contribution in [1.29, 1.82) is 0 Å². The van der Waals surface area contributed by atoms with Crippen LogP contribution in [0.2, 0.25) is 0 Å². The standard InChI is InChI=1S/C15H20N4O/c1-2-10-4-3-9-17-13(10)14-18-15(20-19-14)11-5-7-12(16)8-6-11/h3-4,9,11-12H,2,5-8,16H2,1H3. The predicted molar refractivity (Wildman–Crippen MR) is 76.1 cm³/mol. The molecule has 3 rings (SSSR count). The van der Waals surface area contributed by atoms with Crippen LogP contribution in [0.4, 0.5) is 0 Å². The van der Waals surface area contributed by atoms with E-state index < -0.39 is 0 Å². The van der Waals surface area contributed by atoms with Crippen LogP contribution in [-0.2, 0) is 6.42 Å². The molecule has 0 radical (unpaired) electrons. The first-order chi connectivity index (χ1) is 9.78. The molecule has 5 nitrogen and oxygen atoms in total. The highest BCUT2D eigenvalue weighted by Crippen LogP contribution is 2.32. The lowest BCUT2D eigenvalue weighted by Gasteiger charge is -2.22. The minimum Gasteiger partial charge on any atom is -0.339 e. The smallest absolute Gasteiger partial charge is 0.230 e. The zero-order valence-electron chi connectivity index (χ0n) is 11.7. The molecule has 2 N–H and O–H groups in total. The number of rotatable bonds is 3. The van der Waals surface area contributed by atoms with Gasteiger partial charge in [0.2, 0.25) is 11.7 Å². The van der Waals surface area contributed by atoms with Crippen LogP contribution in [-0.4, -0.2) is 21.2 Å². The molecule has 20 heavy (non-hydrogen) atoms. The van der Waals surface area contributed by atoms with Gasteiger partial charge in [0, 0.05) is 18.2 Å². The van der Waals surface area contributed by atoms with Crippen molar-refractivity contribution in [2.75, 3.05) is 0 Å². The Morgan fingerprint density at radius 2 is 2.10 bits per heavy atom. The van der Waals surface area contributed by atoms with E-state index in [0.29, 0.717) is 17.8 Å². The van der Waals surface area contributed by atoms with E-state index in [9.17, 15) is 0 Å². The highest BCUT2D eigenvalue weighted by molar-refractivity contribution is 5.53. The van der Waals surface area contributed by atoms with E-state index in [1.807, 2.05) is 6.07 Å². The molecule has 0 unspecified atom stereocenters. The third-order valence-electron chi connectivity index (χ3n) is 4.05. The highest BCUT2D eigenvalue weighted by Gasteiger charge is 2.25. The van der Waals surface area contributed by atoms with Crippen molar-refractivity contribution in [3.8, 4) is 11.5 Å². The minimum atomic E-state index is 0.330. The molecule has 1 saturated carbocycles. The van der Waals surface area contributed by atoms with E-state index in [4.69, 9.17) is 10.3 Å². The molecule has 0 aromatic carbocycles. The molecule has 5 heteroatoms. The monoisotopic (exact) mass is 272 g/mol. The normalized spacial score (nSPS) is 22.9. The Morgan fingerprint density at radius 3 is 2.85 bits per heavy atom. The minimum absolute atomic E-state index is 0.330. The Kier molecular flexibility index (Phi) is 3.78. The van der Waals surface area contributed by atoms with Gasteiger partial charge in [0.05, 0.1) is 0 Å². The molecule has 2 aromatic heterocycles. The molecule has 106 valence electrons. The SMILES string of the molecule is CCc1cccnc1-c1noc(C2CCC(N)CC2)n1. The first-order valence-electron chi connectivity index (χ1n) is 7.31. The Morgan fingerprint density at radius 1 is 1.30 bits per heavy atom. The van der Waals surface area contributed by atoms with Crippen molar-refractivity contribution >= 4 is 0 Å². The van der Waals surface area contributed by atoms with Crippen LogP contribution in [0.3, 0.4) is 0 Å². The lowest BCUT2D eigenvalue weighted by atomic mass is 9.86. The topological polar surface area (TPSA) is 77.8 Å². The van der Waals surface area contributed by atoms with Crippen molar-refractivity contribution in [3.63, 3.8) is 0 Å². The second-order valence-corrected chi connectivity index (χ2v) is 5.43. The maximum absolute atomic E-state index is 5.93. The molecule has 0 aliphatic heterocycles. The average molecular weight is 272 g/mol. The van der Waals surface area contributed by atoms with Crippen LogP contribution in [0.25, 0.3) is 11.5 Å². The Bertz CT molecular complexity index is 573. The number of pyridine rings is 1. The zero-order valence-corrected chi connectivity index (χ0v) is 11.7. The summed E-state index contributed by atoms with van der Waals surface area (Å²) < 4.78 is 5.45. The fraction of sp³-hybridized carbons (Fsp3) is 0.533.